The summed E-state index contributed by atoms with van der Waals surface area (Å²) in [6.07, 6.45) is 9.61. The van der Waals surface area contributed by atoms with Gasteiger partial charge in [-0.2, -0.15) is 0 Å². The molecule has 6 fully saturated rings. The number of hydrogen-bond acceptors (Lipinski definition) is 15. The van der Waals surface area contributed by atoms with Crippen LogP contribution in [0.1, 0.15) is 115 Å². The van der Waals surface area contributed by atoms with Gasteiger partial charge in [0.25, 0.3) is 27.7 Å². The molecular formula is C68H88N10O8S3. The summed E-state index contributed by atoms with van der Waals surface area (Å²) in [4.78, 5) is 64.7. The van der Waals surface area contributed by atoms with Gasteiger partial charge in [-0.05, 0) is 165 Å². The lowest BCUT2D eigenvalue weighted by atomic mass is 9.33. The quantitative estimate of drug-likeness (QED) is 0.0131. The molecule has 3 saturated heterocycles. The van der Waals surface area contributed by atoms with Crippen LogP contribution in [0.25, 0.3) is 0 Å². The monoisotopic (exact) mass is 1270 g/mol. The Morgan fingerprint density at radius 2 is 1.52 bits per heavy atom. The zero-order valence-electron chi connectivity index (χ0n) is 52.1. The number of nitrogens with one attached hydrogen (secondary N) is 5. The van der Waals surface area contributed by atoms with Crippen molar-refractivity contribution in [3.63, 3.8) is 0 Å². The van der Waals surface area contributed by atoms with Gasteiger partial charge in [-0.25, -0.2) is 13.1 Å². The molecular weight excluding hydrogens is 1180 g/mol. The molecule has 4 aromatic rings. The van der Waals surface area contributed by atoms with E-state index in [9.17, 15) is 27.6 Å². The molecule has 5 N–H and O–H groups in total. The van der Waals surface area contributed by atoms with Gasteiger partial charge in [0, 0.05) is 124 Å². The standard InChI is InChI=1S/C68H88N10O8S3/c1-47-40-54(89(83,84)73-61(79)49-15-17-52(18-16-49)76-32-30-75(31-33-76)42-50-22-24-66(3,4)41-56(50)68-44-67(5,45-68)46-68)19-20-57(47)72-51(43-88-53-10-7-6-8-11-53)23-27-74-28-34-77(35-29-74)65(87)70-26-37-86-39-38-85-36-25-69-58-13-9-12-55-60(58)64(82)78(63(55)81)59-21-14-48(2)71-62(59)80/h6-13,15-20,40,51,59,69,72H,2,14,21-39,41-46H2,1,3-5H3,(H,70,87)(H,71,80)(H,73,79)/t51-,59?,67?,68?/m1/s1. The fourth-order valence-corrected chi connectivity index (χ4v) is 16.8. The van der Waals surface area contributed by atoms with Crippen molar-refractivity contribution >= 4 is 79.8 Å². The summed E-state index contributed by atoms with van der Waals surface area (Å²) in [7, 11) is -4.16. The van der Waals surface area contributed by atoms with E-state index in [1.54, 1.807) is 65.9 Å². The first-order chi connectivity index (χ1) is 42.7. The van der Waals surface area contributed by atoms with Crippen LogP contribution in [0.3, 0.4) is 0 Å². The Balaban J connectivity index is 0.580. The van der Waals surface area contributed by atoms with Crippen molar-refractivity contribution in [2.45, 2.75) is 107 Å². The predicted molar refractivity (Wildman–Crippen MR) is 355 cm³/mol. The molecule has 4 aromatic carbocycles. The summed E-state index contributed by atoms with van der Waals surface area (Å²) in [6.45, 7) is 24.6. The van der Waals surface area contributed by atoms with Crippen LogP contribution < -0.4 is 30.9 Å². The number of piperidine rings is 1. The Kier molecular flexibility index (Phi) is 19.9. The van der Waals surface area contributed by atoms with Crippen molar-refractivity contribution in [2.75, 3.05) is 126 Å². The number of carbonyl (C=O) groups is 4. The van der Waals surface area contributed by atoms with E-state index in [1.165, 1.54) is 43.4 Å². The Morgan fingerprint density at radius 1 is 0.809 bits per heavy atom. The maximum atomic E-state index is 13.7. The molecule has 0 spiro atoms. The molecule has 4 heterocycles. The average Bonchev–Trinajstić information content (AvgIpc) is 0.800. The second kappa shape index (κ2) is 27.6. The van der Waals surface area contributed by atoms with Gasteiger partial charge in [0.05, 0.1) is 42.4 Å². The van der Waals surface area contributed by atoms with Crippen LogP contribution in [0.2, 0.25) is 0 Å². The minimum absolute atomic E-state index is 0.0328. The van der Waals surface area contributed by atoms with Crippen molar-refractivity contribution in [1.82, 2.24) is 35.0 Å². The number of benzene rings is 4. The highest BCUT2D eigenvalue weighted by atomic mass is 32.2. The maximum absolute atomic E-state index is 13.7. The van der Waals surface area contributed by atoms with Crippen molar-refractivity contribution < 1.29 is 37.1 Å². The van der Waals surface area contributed by atoms with E-state index >= 15 is 0 Å². The van der Waals surface area contributed by atoms with Crippen molar-refractivity contribution in [2.24, 2.45) is 16.2 Å². The molecule has 18 nitrogen and oxygen atoms in total. The van der Waals surface area contributed by atoms with Gasteiger partial charge >= 0.3 is 0 Å². The summed E-state index contributed by atoms with van der Waals surface area (Å²) in [6, 6.07) is 26.9. The molecule has 1 unspecified atom stereocenters. The number of fused-ring (bicyclic) bond motifs is 1. The second-order valence-corrected chi connectivity index (χ2v) is 29.8. The molecule has 2 bridgehead atoms. The number of piperazine rings is 2. The van der Waals surface area contributed by atoms with Crippen molar-refractivity contribution in [1.29, 1.82) is 0 Å². The number of rotatable bonds is 26. The van der Waals surface area contributed by atoms with E-state index in [-0.39, 0.29) is 22.1 Å². The van der Waals surface area contributed by atoms with Crippen molar-refractivity contribution in [3.8, 4) is 0 Å². The molecule has 21 heteroatoms. The minimum Gasteiger partial charge on any atom is -0.382 e. The SMILES string of the molecule is C=C1CCC(N2C(=O)c3cccc(NCCOCCOCCNC(=S)N4CCN(CC[C@H](CSc5ccccc5)Nc5ccc(S(=O)(=O)NC(=O)c6ccc(N7CCN(CC8=C(C9%10CC(C)(C9)C%10)CC(C)(C)CC8)CC7)cc6)cc5C)CC4)c3C2=O)C(=O)N1. The first kappa shape index (κ1) is 64.2. The molecule has 476 valence electrons. The number of thioether (sulfide) groups is 1. The lowest BCUT2D eigenvalue weighted by Crippen LogP contribution is -2.61. The van der Waals surface area contributed by atoms with Crippen LogP contribution in [0.4, 0.5) is 17.1 Å². The van der Waals surface area contributed by atoms with Gasteiger partial charge < -0.3 is 40.5 Å². The molecule has 8 aliphatic rings. The Hall–Kier alpha value is -6.33. The van der Waals surface area contributed by atoms with Gasteiger partial charge in [-0.1, -0.05) is 62.8 Å². The molecule has 4 aliphatic heterocycles. The third-order valence-electron chi connectivity index (χ3n) is 19.2. The zero-order valence-corrected chi connectivity index (χ0v) is 54.6. The molecule has 4 amide bonds. The fraction of sp³-hybridized carbons (Fsp3) is 0.515. The van der Waals surface area contributed by atoms with Gasteiger partial charge in [0.2, 0.25) is 5.91 Å². The first-order valence-corrected chi connectivity index (χ1v) is 34.7. The van der Waals surface area contributed by atoms with Gasteiger partial charge in [0.15, 0.2) is 5.11 Å². The summed E-state index contributed by atoms with van der Waals surface area (Å²) < 4.78 is 41.4. The molecule has 3 saturated carbocycles. The Morgan fingerprint density at radius 3 is 2.21 bits per heavy atom. The zero-order chi connectivity index (χ0) is 62.5. The van der Waals surface area contributed by atoms with Gasteiger partial charge in [-0.15, -0.1) is 11.8 Å². The van der Waals surface area contributed by atoms with Gasteiger partial charge in [0.1, 0.15) is 6.04 Å². The molecule has 0 aromatic heterocycles. The molecule has 2 atom stereocenters. The van der Waals surface area contributed by atoms with Crippen LogP contribution in [-0.2, 0) is 24.3 Å². The maximum Gasteiger partial charge on any atom is 0.264 e. The number of amides is 4. The molecule has 0 radical (unpaired) electrons. The van der Waals surface area contributed by atoms with Crippen LogP contribution in [0, 0.1) is 23.2 Å². The fourth-order valence-electron chi connectivity index (χ4n) is 14.5. The normalized spacial score (nSPS) is 23.1. The topological polar surface area (TPSA) is 197 Å². The van der Waals surface area contributed by atoms with Crippen LogP contribution >= 0.6 is 24.0 Å². The molecule has 12 rings (SSSR count). The number of ether oxygens (including phenoxy) is 2. The van der Waals surface area contributed by atoms with E-state index in [0.717, 1.165) is 99.5 Å². The van der Waals surface area contributed by atoms with Crippen LogP contribution in [0.5, 0.6) is 0 Å². The van der Waals surface area contributed by atoms with Crippen molar-refractivity contribution in [3.05, 3.63) is 137 Å². The lowest BCUT2D eigenvalue weighted by Gasteiger charge is -2.72. The largest absolute Gasteiger partial charge is 0.382 e. The summed E-state index contributed by atoms with van der Waals surface area (Å²) >= 11 is 7.56. The third kappa shape index (κ3) is 15.2. The van der Waals surface area contributed by atoms with E-state index in [4.69, 9.17) is 21.7 Å². The summed E-state index contributed by atoms with van der Waals surface area (Å²) in [5.74, 6) is -1.22. The number of allylic oxidation sites excluding steroid dienone is 2. The van der Waals surface area contributed by atoms with Crippen LogP contribution in [-0.4, -0.2) is 180 Å². The molecule has 4 aliphatic carbocycles. The van der Waals surface area contributed by atoms with E-state index < -0.39 is 39.7 Å². The number of sulfonamides is 1. The highest BCUT2D eigenvalue weighted by molar-refractivity contribution is 7.99. The van der Waals surface area contributed by atoms with E-state index in [1.807, 2.05) is 42.8 Å². The second-order valence-electron chi connectivity index (χ2n) is 26.6. The third-order valence-corrected chi connectivity index (χ3v) is 22.1. The average molecular weight is 1270 g/mol. The minimum atomic E-state index is -4.16. The van der Waals surface area contributed by atoms with Gasteiger partial charge in [-0.3, -0.25) is 33.9 Å². The molecule has 89 heavy (non-hydrogen) atoms. The Bertz CT molecular complexity index is 3420. The number of imide groups is 1. The van der Waals surface area contributed by atoms with Crippen LogP contribution in [0.15, 0.2) is 124 Å². The number of aryl methyl sites for hydroxylation is 1. The summed E-state index contributed by atoms with van der Waals surface area (Å²) in [5, 5.41) is 13.7. The van der Waals surface area contributed by atoms with E-state index in [2.05, 4.69) is 85.1 Å². The number of carbonyl (C=O) groups excluding carboxylic acids is 4. The predicted octanol–water partition coefficient (Wildman–Crippen LogP) is 8.92. The number of nitrogens with zero attached hydrogens (tertiary/aromatic N) is 5. The Labute approximate surface area is 535 Å². The lowest BCUT2D eigenvalue weighted by molar-refractivity contribution is -0.167. The smallest absolute Gasteiger partial charge is 0.264 e. The first-order valence-electron chi connectivity index (χ1n) is 31.8. The highest BCUT2D eigenvalue weighted by Crippen LogP contribution is 2.77. The highest BCUT2D eigenvalue weighted by Gasteiger charge is 2.67. The number of hydrogen-bond donors (Lipinski definition) is 5. The number of anilines is 3. The number of thiocarbonyl (C=S) groups is 1. The summed E-state index contributed by atoms with van der Waals surface area (Å²) in [5.41, 5.74) is 9.60. The van der Waals surface area contributed by atoms with E-state index in [0.29, 0.717) is 90.7 Å².